The molecule has 4 aromatic rings. The van der Waals surface area contributed by atoms with Crippen LogP contribution in [0.3, 0.4) is 0 Å². The molecular formula is C30H34NOS+. The average Bonchev–Trinajstić information content (AvgIpc) is 3.42. The van der Waals surface area contributed by atoms with Gasteiger partial charge in [0, 0.05) is 17.0 Å². The van der Waals surface area contributed by atoms with E-state index in [1.165, 1.54) is 80.2 Å². The zero-order valence-corrected chi connectivity index (χ0v) is 21.6. The normalized spacial score (nSPS) is 15.9. The van der Waals surface area contributed by atoms with Crippen molar-refractivity contribution < 1.29 is 9.30 Å². The van der Waals surface area contributed by atoms with Crippen LogP contribution < -0.4 is 9.30 Å². The van der Waals surface area contributed by atoms with E-state index in [1.54, 1.807) is 0 Å². The second-order valence-electron chi connectivity index (χ2n) is 11.5. The molecule has 1 fully saturated rings. The maximum Gasteiger partial charge on any atom is 0.257 e. The molecule has 0 amide bonds. The first-order valence-corrected chi connectivity index (χ1v) is 13.3. The first-order valence-electron chi connectivity index (χ1n) is 12.4. The molecule has 3 heteroatoms. The van der Waals surface area contributed by atoms with Gasteiger partial charge in [-0.25, -0.2) is 0 Å². The number of benzene rings is 2. The third-order valence-corrected chi connectivity index (χ3v) is 8.71. The number of hydrogen-bond donors (Lipinski definition) is 0. The standard InChI is InChI=1S/C30H34NOS/c1-17-13-21-14-19(16-30(3,4)5)15-23-25(21)24(18(17)2)27-28(32-23)26(20-9-7-8-10-20)29-22(31(27)6)11-12-33-29/h11-15,20H,7-10,16H2,1-6H3/q+1. The lowest BCUT2D eigenvalue weighted by Crippen LogP contribution is -2.34. The van der Waals surface area contributed by atoms with Gasteiger partial charge in [0.15, 0.2) is 0 Å². The van der Waals surface area contributed by atoms with Crippen molar-refractivity contribution in [2.75, 3.05) is 0 Å². The Bertz CT molecular complexity index is 1430. The number of ether oxygens (including phenoxy) is 1. The SMILES string of the molecule is Cc1cc2cc(CC(C)(C)C)cc3c2c(c1C)-c1c(c(C2CCCC2)c2sccc2[n+]1C)O3. The van der Waals surface area contributed by atoms with Crippen LogP contribution in [-0.4, -0.2) is 0 Å². The van der Waals surface area contributed by atoms with Crippen LogP contribution >= 0.6 is 11.3 Å². The molecule has 33 heavy (non-hydrogen) atoms. The third-order valence-electron chi connectivity index (χ3n) is 7.77. The predicted molar refractivity (Wildman–Crippen MR) is 140 cm³/mol. The van der Waals surface area contributed by atoms with Crippen molar-refractivity contribution in [2.45, 2.75) is 72.6 Å². The van der Waals surface area contributed by atoms with Crippen molar-refractivity contribution in [3.8, 4) is 22.8 Å². The number of rotatable bonds is 2. The summed E-state index contributed by atoms with van der Waals surface area (Å²) in [6.45, 7) is 11.5. The first-order chi connectivity index (χ1) is 15.7. The lowest BCUT2D eigenvalue weighted by atomic mass is 9.84. The minimum Gasteiger partial charge on any atom is -0.449 e. The average molecular weight is 457 g/mol. The highest BCUT2D eigenvalue weighted by atomic mass is 32.1. The van der Waals surface area contributed by atoms with Crippen molar-refractivity contribution in [3.05, 3.63) is 51.9 Å². The number of nitrogens with zero attached hydrogens (tertiary/aromatic N) is 1. The molecule has 3 heterocycles. The van der Waals surface area contributed by atoms with Gasteiger partial charge in [0.1, 0.15) is 17.5 Å². The number of fused-ring (bicyclic) bond motifs is 3. The number of hydrogen-bond acceptors (Lipinski definition) is 2. The highest BCUT2D eigenvalue weighted by Crippen LogP contribution is 2.54. The molecule has 2 aromatic heterocycles. The fourth-order valence-corrected chi connectivity index (χ4v) is 7.29. The van der Waals surface area contributed by atoms with Crippen LogP contribution in [0, 0.1) is 19.3 Å². The fraction of sp³-hybridized carbons (Fsp3) is 0.433. The summed E-state index contributed by atoms with van der Waals surface area (Å²) in [7, 11) is 2.22. The van der Waals surface area contributed by atoms with Gasteiger partial charge < -0.3 is 4.74 Å². The molecule has 2 nitrogen and oxygen atoms in total. The summed E-state index contributed by atoms with van der Waals surface area (Å²) >= 11 is 1.88. The quantitative estimate of drug-likeness (QED) is 0.243. The van der Waals surface area contributed by atoms with Crippen molar-refractivity contribution in [1.82, 2.24) is 0 Å². The summed E-state index contributed by atoms with van der Waals surface area (Å²) in [5.41, 5.74) is 9.78. The van der Waals surface area contributed by atoms with Crippen LogP contribution in [0.2, 0.25) is 0 Å². The summed E-state index contributed by atoms with van der Waals surface area (Å²) in [6.07, 6.45) is 6.24. The molecule has 0 spiro atoms. The second-order valence-corrected chi connectivity index (χ2v) is 12.4. The molecular weight excluding hydrogens is 422 g/mol. The maximum absolute atomic E-state index is 6.99. The molecule has 6 rings (SSSR count). The van der Waals surface area contributed by atoms with Gasteiger partial charge in [-0.15, -0.1) is 11.3 Å². The van der Waals surface area contributed by atoms with E-state index in [2.05, 4.69) is 75.9 Å². The minimum atomic E-state index is 0.236. The van der Waals surface area contributed by atoms with E-state index in [0.717, 1.165) is 17.9 Å². The van der Waals surface area contributed by atoms with Gasteiger partial charge in [0.2, 0.25) is 11.3 Å². The molecule has 0 saturated heterocycles. The Hall–Kier alpha value is -2.39. The molecule has 2 aliphatic rings. The van der Waals surface area contributed by atoms with Crippen LogP contribution in [0.1, 0.15) is 74.6 Å². The highest BCUT2D eigenvalue weighted by Gasteiger charge is 2.38. The number of aromatic nitrogens is 1. The van der Waals surface area contributed by atoms with Gasteiger partial charge >= 0.3 is 0 Å². The Balaban J connectivity index is 1.72. The maximum atomic E-state index is 6.99. The summed E-state index contributed by atoms with van der Waals surface area (Å²) in [5.74, 6) is 2.77. The minimum absolute atomic E-state index is 0.236. The van der Waals surface area contributed by atoms with Gasteiger partial charge in [0.25, 0.3) is 5.69 Å². The lowest BCUT2D eigenvalue weighted by molar-refractivity contribution is -0.633. The van der Waals surface area contributed by atoms with E-state index in [-0.39, 0.29) is 5.41 Å². The Labute approximate surface area is 201 Å². The topological polar surface area (TPSA) is 13.1 Å². The summed E-state index contributed by atoms with van der Waals surface area (Å²) < 4.78 is 10.8. The van der Waals surface area contributed by atoms with Gasteiger partial charge in [-0.2, -0.15) is 4.57 Å². The summed E-state index contributed by atoms with van der Waals surface area (Å²) in [4.78, 5) is 0. The van der Waals surface area contributed by atoms with Gasteiger partial charge in [0.05, 0.1) is 5.56 Å². The highest BCUT2D eigenvalue weighted by molar-refractivity contribution is 7.17. The molecule has 1 aliphatic heterocycles. The van der Waals surface area contributed by atoms with Gasteiger partial charge in [-0.05, 0) is 78.0 Å². The van der Waals surface area contributed by atoms with Crippen LogP contribution in [0.25, 0.3) is 32.2 Å². The molecule has 0 N–H and O–H groups in total. The fourth-order valence-electron chi connectivity index (χ4n) is 6.25. The number of thiophene rings is 1. The van der Waals surface area contributed by atoms with E-state index >= 15 is 0 Å². The first kappa shape index (κ1) is 21.2. The van der Waals surface area contributed by atoms with Crippen molar-refractivity contribution in [1.29, 1.82) is 0 Å². The van der Waals surface area contributed by atoms with Crippen molar-refractivity contribution >= 4 is 32.3 Å². The van der Waals surface area contributed by atoms with Crippen LogP contribution in [0.4, 0.5) is 0 Å². The lowest BCUT2D eigenvalue weighted by Gasteiger charge is -2.27. The molecule has 0 bridgehead atoms. The largest absolute Gasteiger partial charge is 0.449 e. The predicted octanol–water partition coefficient (Wildman–Crippen LogP) is 8.51. The summed E-state index contributed by atoms with van der Waals surface area (Å²) in [6, 6.07) is 9.38. The zero-order chi connectivity index (χ0) is 23.1. The molecule has 0 atom stereocenters. The molecule has 170 valence electrons. The zero-order valence-electron chi connectivity index (χ0n) is 20.8. The Morgan fingerprint density at radius 1 is 1.09 bits per heavy atom. The monoisotopic (exact) mass is 456 g/mol. The Morgan fingerprint density at radius 3 is 2.58 bits per heavy atom. The van der Waals surface area contributed by atoms with Crippen molar-refractivity contribution in [3.63, 3.8) is 0 Å². The number of pyridine rings is 1. The van der Waals surface area contributed by atoms with E-state index in [9.17, 15) is 0 Å². The van der Waals surface area contributed by atoms with Crippen LogP contribution in [-0.2, 0) is 13.5 Å². The van der Waals surface area contributed by atoms with Crippen molar-refractivity contribution in [2.24, 2.45) is 12.5 Å². The van der Waals surface area contributed by atoms with E-state index in [0.29, 0.717) is 5.92 Å². The third kappa shape index (κ3) is 3.23. The molecule has 2 aromatic carbocycles. The van der Waals surface area contributed by atoms with Crippen LogP contribution in [0.15, 0.2) is 29.6 Å². The van der Waals surface area contributed by atoms with E-state index < -0.39 is 0 Å². The molecule has 0 unspecified atom stereocenters. The van der Waals surface area contributed by atoms with E-state index in [1.807, 2.05) is 11.3 Å². The Kier molecular flexibility index (Phi) is 4.68. The van der Waals surface area contributed by atoms with Gasteiger partial charge in [-0.3, -0.25) is 0 Å². The van der Waals surface area contributed by atoms with E-state index in [4.69, 9.17) is 4.74 Å². The second kappa shape index (κ2) is 7.30. The number of aryl methyl sites for hydroxylation is 2. The van der Waals surface area contributed by atoms with Crippen LogP contribution in [0.5, 0.6) is 11.5 Å². The Morgan fingerprint density at radius 2 is 1.85 bits per heavy atom. The molecule has 1 aliphatic carbocycles. The van der Waals surface area contributed by atoms with Gasteiger partial charge in [-0.1, -0.05) is 45.7 Å². The molecule has 1 saturated carbocycles. The smallest absolute Gasteiger partial charge is 0.257 e. The summed E-state index contributed by atoms with van der Waals surface area (Å²) in [5, 5.41) is 4.84. The molecule has 0 radical (unpaired) electrons.